The lowest BCUT2D eigenvalue weighted by atomic mass is 10.1. The SMILES string of the molecule is CCOC(=O)c1nc(-c2ccc(CN3C(=O)c4ccccc4C3=O)cc2)nc2ccccc12. The number of amides is 2. The highest BCUT2D eigenvalue weighted by molar-refractivity contribution is 6.21. The van der Waals surface area contributed by atoms with E-state index >= 15 is 0 Å². The van der Waals surface area contributed by atoms with E-state index in [9.17, 15) is 14.4 Å². The number of hydrogen-bond acceptors (Lipinski definition) is 6. The summed E-state index contributed by atoms with van der Waals surface area (Å²) in [7, 11) is 0. The van der Waals surface area contributed by atoms with E-state index in [0.717, 1.165) is 5.56 Å². The maximum atomic E-state index is 12.6. The van der Waals surface area contributed by atoms with Crippen LogP contribution in [-0.2, 0) is 11.3 Å². The van der Waals surface area contributed by atoms with Gasteiger partial charge < -0.3 is 4.74 Å². The van der Waals surface area contributed by atoms with Crippen LogP contribution >= 0.6 is 0 Å². The summed E-state index contributed by atoms with van der Waals surface area (Å²) in [6, 6.07) is 21.4. The van der Waals surface area contributed by atoms with E-state index in [2.05, 4.69) is 9.97 Å². The molecule has 162 valence electrons. The predicted octanol–water partition coefficient (Wildman–Crippen LogP) is 4.27. The Morgan fingerprint density at radius 2 is 1.48 bits per heavy atom. The average molecular weight is 437 g/mol. The Labute approximate surface area is 189 Å². The number of rotatable bonds is 5. The smallest absolute Gasteiger partial charge is 0.357 e. The van der Waals surface area contributed by atoms with E-state index in [4.69, 9.17) is 4.74 Å². The van der Waals surface area contributed by atoms with Crippen LogP contribution in [0.2, 0.25) is 0 Å². The lowest BCUT2D eigenvalue weighted by Gasteiger charge is -2.14. The number of hydrogen-bond donors (Lipinski definition) is 0. The van der Waals surface area contributed by atoms with E-state index < -0.39 is 5.97 Å². The number of nitrogens with zero attached hydrogens (tertiary/aromatic N) is 3. The van der Waals surface area contributed by atoms with Crippen molar-refractivity contribution in [2.45, 2.75) is 13.5 Å². The summed E-state index contributed by atoms with van der Waals surface area (Å²) in [6.45, 7) is 2.16. The Morgan fingerprint density at radius 1 is 0.848 bits per heavy atom. The number of ether oxygens (including phenoxy) is 1. The summed E-state index contributed by atoms with van der Waals surface area (Å²) in [5.74, 6) is -0.697. The summed E-state index contributed by atoms with van der Waals surface area (Å²) < 4.78 is 5.17. The van der Waals surface area contributed by atoms with Crippen molar-refractivity contribution in [3.63, 3.8) is 0 Å². The predicted molar refractivity (Wildman–Crippen MR) is 122 cm³/mol. The zero-order valence-corrected chi connectivity index (χ0v) is 17.8. The normalized spacial score (nSPS) is 12.8. The number of carbonyl (C=O) groups excluding carboxylic acids is 3. The number of para-hydroxylation sites is 1. The topological polar surface area (TPSA) is 89.5 Å². The molecule has 0 radical (unpaired) electrons. The van der Waals surface area contributed by atoms with Gasteiger partial charge >= 0.3 is 5.97 Å². The van der Waals surface area contributed by atoms with Crippen LogP contribution in [0, 0.1) is 0 Å². The van der Waals surface area contributed by atoms with Crippen molar-refractivity contribution in [2.24, 2.45) is 0 Å². The first-order valence-corrected chi connectivity index (χ1v) is 10.5. The standard InChI is InChI=1S/C26H19N3O4/c1-2-33-26(32)22-20-9-5-6-10-21(20)27-23(28-22)17-13-11-16(12-14-17)15-29-24(30)18-7-3-4-8-19(18)25(29)31/h3-14H,2,15H2,1H3. The van der Waals surface area contributed by atoms with Gasteiger partial charge in [-0.3, -0.25) is 14.5 Å². The summed E-state index contributed by atoms with van der Waals surface area (Å²) in [4.78, 5) is 48.0. The molecule has 7 nitrogen and oxygen atoms in total. The molecule has 0 saturated heterocycles. The van der Waals surface area contributed by atoms with Gasteiger partial charge in [0.15, 0.2) is 11.5 Å². The Morgan fingerprint density at radius 3 is 2.15 bits per heavy atom. The minimum atomic E-state index is -0.500. The molecule has 2 amide bonds. The van der Waals surface area contributed by atoms with Crippen LogP contribution in [0.3, 0.4) is 0 Å². The fourth-order valence-electron chi connectivity index (χ4n) is 3.89. The molecule has 33 heavy (non-hydrogen) atoms. The zero-order valence-electron chi connectivity index (χ0n) is 17.8. The summed E-state index contributed by atoms with van der Waals surface area (Å²) >= 11 is 0. The van der Waals surface area contributed by atoms with Gasteiger partial charge in [-0.2, -0.15) is 0 Å². The van der Waals surface area contributed by atoms with Crippen molar-refractivity contribution in [1.29, 1.82) is 0 Å². The van der Waals surface area contributed by atoms with Crippen molar-refractivity contribution in [2.75, 3.05) is 6.61 Å². The van der Waals surface area contributed by atoms with Gasteiger partial charge in [0.2, 0.25) is 0 Å². The van der Waals surface area contributed by atoms with Crippen molar-refractivity contribution in [1.82, 2.24) is 14.9 Å². The second-order valence-corrected chi connectivity index (χ2v) is 7.57. The Bertz CT molecular complexity index is 1380. The van der Waals surface area contributed by atoms with E-state index in [0.29, 0.717) is 33.4 Å². The van der Waals surface area contributed by atoms with Crippen LogP contribution < -0.4 is 0 Å². The maximum absolute atomic E-state index is 12.6. The van der Waals surface area contributed by atoms with Gasteiger partial charge in [0.1, 0.15) is 0 Å². The van der Waals surface area contributed by atoms with E-state index in [1.807, 2.05) is 42.5 Å². The average Bonchev–Trinajstić information content (AvgIpc) is 3.09. The second kappa shape index (κ2) is 8.27. The third kappa shape index (κ3) is 3.63. The van der Waals surface area contributed by atoms with Crippen LogP contribution in [0.5, 0.6) is 0 Å². The molecule has 2 heterocycles. The van der Waals surface area contributed by atoms with Crippen LogP contribution in [-0.4, -0.2) is 39.3 Å². The van der Waals surface area contributed by atoms with Crippen molar-refractivity contribution >= 4 is 28.7 Å². The van der Waals surface area contributed by atoms with Crippen molar-refractivity contribution < 1.29 is 19.1 Å². The van der Waals surface area contributed by atoms with Gasteiger partial charge in [-0.15, -0.1) is 0 Å². The van der Waals surface area contributed by atoms with Gasteiger partial charge in [-0.25, -0.2) is 14.8 Å². The third-order valence-corrected chi connectivity index (χ3v) is 5.50. The number of esters is 1. The molecule has 1 aliphatic rings. The van der Waals surface area contributed by atoms with Crippen LogP contribution in [0.1, 0.15) is 43.7 Å². The first-order valence-electron chi connectivity index (χ1n) is 10.5. The van der Waals surface area contributed by atoms with Crippen molar-refractivity contribution in [3.05, 3.63) is 95.2 Å². The molecular weight excluding hydrogens is 418 g/mol. The number of carbonyl (C=O) groups is 3. The lowest BCUT2D eigenvalue weighted by molar-refractivity contribution is 0.0521. The van der Waals surface area contributed by atoms with Crippen LogP contribution in [0.4, 0.5) is 0 Å². The minimum absolute atomic E-state index is 0.166. The van der Waals surface area contributed by atoms with Gasteiger partial charge in [0, 0.05) is 10.9 Å². The molecule has 0 fully saturated rings. The van der Waals surface area contributed by atoms with E-state index in [-0.39, 0.29) is 30.7 Å². The largest absolute Gasteiger partial charge is 0.461 e. The van der Waals surface area contributed by atoms with E-state index in [1.165, 1.54) is 4.90 Å². The molecule has 0 saturated carbocycles. The van der Waals surface area contributed by atoms with Gasteiger partial charge in [-0.05, 0) is 30.7 Å². The molecular formula is C26H19N3O4. The monoisotopic (exact) mass is 437 g/mol. The number of fused-ring (bicyclic) bond motifs is 2. The van der Waals surface area contributed by atoms with Gasteiger partial charge in [0.25, 0.3) is 11.8 Å². The minimum Gasteiger partial charge on any atom is -0.461 e. The first-order chi connectivity index (χ1) is 16.1. The first kappa shape index (κ1) is 20.5. The third-order valence-electron chi connectivity index (χ3n) is 5.50. The molecule has 5 rings (SSSR count). The molecule has 7 heteroatoms. The highest BCUT2D eigenvalue weighted by Gasteiger charge is 2.34. The van der Waals surface area contributed by atoms with Crippen LogP contribution in [0.15, 0.2) is 72.8 Å². The van der Waals surface area contributed by atoms with Gasteiger partial charge in [-0.1, -0.05) is 54.6 Å². The molecule has 0 N–H and O–H groups in total. The molecule has 4 aromatic rings. The molecule has 0 aliphatic carbocycles. The molecule has 0 spiro atoms. The zero-order chi connectivity index (χ0) is 22.9. The lowest BCUT2D eigenvalue weighted by Crippen LogP contribution is -2.29. The quantitative estimate of drug-likeness (QED) is 0.342. The molecule has 0 bridgehead atoms. The Hall–Kier alpha value is -4.39. The fourth-order valence-corrected chi connectivity index (χ4v) is 3.89. The summed E-state index contributed by atoms with van der Waals surface area (Å²) in [5.41, 5.74) is 3.20. The Balaban J connectivity index is 1.44. The number of benzene rings is 3. The molecule has 3 aromatic carbocycles. The maximum Gasteiger partial charge on any atom is 0.357 e. The highest BCUT2D eigenvalue weighted by Crippen LogP contribution is 2.26. The molecule has 1 aromatic heterocycles. The van der Waals surface area contributed by atoms with Crippen LogP contribution in [0.25, 0.3) is 22.3 Å². The Kier molecular flexibility index (Phi) is 5.14. The molecule has 0 atom stereocenters. The molecule has 1 aliphatic heterocycles. The summed E-state index contributed by atoms with van der Waals surface area (Å²) in [6.07, 6.45) is 0. The summed E-state index contributed by atoms with van der Waals surface area (Å²) in [5, 5.41) is 0.627. The van der Waals surface area contributed by atoms with Crippen molar-refractivity contribution in [3.8, 4) is 11.4 Å². The number of aromatic nitrogens is 2. The fraction of sp³-hybridized carbons (Fsp3) is 0.115. The highest BCUT2D eigenvalue weighted by atomic mass is 16.5. The second-order valence-electron chi connectivity index (χ2n) is 7.57. The molecule has 0 unspecified atom stereocenters. The van der Waals surface area contributed by atoms with Gasteiger partial charge in [0.05, 0.1) is 29.8 Å². The number of imide groups is 1. The van der Waals surface area contributed by atoms with E-state index in [1.54, 1.807) is 37.3 Å².